The Kier molecular flexibility index (Phi) is 8.60. The molecule has 3 aromatic rings. The molecule has 0 bridgehead atoms. The largest absolute Gasteiger partial charge is 0.486 e. The summed E-state index contributed by atoms with van der Waals surface area (Å²) < 4.78 is 11.4. The van der Waals surface area contributed by atoms with Crippen LogP contribution in [0.4, 0.5) is 0 Å². The van der Waals surface area contributed by atoms with Crippen molar-refractivity contribution >= 4 is 28.2 Å². The summed E-state index contributed by atoms with van der Waals surface area (Å²) in [4.78, 5) is 20.4. The van der Waals surface area contributed by atoms with Gasteiger partial charge in [0.2, 0.25) is 0 Å². The van der Waals surface area contributed by atoms with E-state index in [4.69, 9.17) is 21.7 Å². The molecule has 186 valence electrons. The molecule has 8 heteroatoms. The first-order chi connectivity index (χ1) is 17.1. The van der Waals surface area contributed by atoms with E-state index in [-0.39, 0.29) is 5.56 Å². The van der Waals surface area contributed by atoms with E-state index in [2.05, 4.69) is 46.1 Å². The molecule has 0 atom stereocenters. The molecule has 2 heterocycles. The van der Waals surface area contributed by atoms with Crippen LogP contribution in [0.25, 0.3) is 10.9 Å². The van der Waals surface area contributed by atoms with Crippen LogP contribution in [0.1, 0.15) is 31.4 Å². The van der Waals surface area contributed by atoms with Crippen molar-refractivity contribution in [3.63, 3.8) is 0 Å². The Labute approximate surface area is 212 Å². The van der Waals surface area contributed by atoms with Crippen molar-refractivity contribution in [2.24, 2.45) is 0 Å². The second-order valence-electron chi connectivity index (χ2n) is 8.66. The molecule has 1 aliphatic heterocycles. The van der Waals surface area contributed by atoms with Crippen LogP contribution in [-0.4, -0.2) is 59.3 Å². The molecule has 2 N–H and O–H groups in total. The molecule has 7 nitrogen and oxygen atoms in total. The van der Waals surface area contributed by atoms with Crippen molar-refractivity contribution in [1.29, 1.82) is 0 Å². The lowest BCUT2D eigenvalue weighted by Gasteiger charge is -2.26. The fourth-order valence-electron chi connectivity index (χ4n) is 4.26. The van der Waals surface area contributed by atoms with Gasteiger partial charge in [-0.2, -0.15) is 0 Å². The highest BCUT2D eigenvalue weighted by Gasteiger charge is 2.17. The average molecular weight is 495 g/mol. The maximum Gasteiger partial charge on any atom is 0.253 e. The molecule has 35 heavy (non-hydrogen) atoms. The van der Waals surface area contributed by atoms with Crippen LogP contribution in [0.2, 0.25) is 0 Å². The molecule has 4 rings (SSSR count). The van der Waals surface area contributed by atoms with E-state index in [1.165, 1.54) is 0 Å². The van der Waals surface area contributed by atoms with Gasteiger partial charge in [-0.25, -0.2) is 0 Å². The number of nitrogens with zero attached hydrogens (tertiary/aromatic N) is 2. The molecule has 0 spiro atoms. The third-order valence-electron chi connectivity index (χ3n) is 6.27. The minimum absolute atomic E-state index is 0.128. The summed E-state index contributed by atoms with van der Waals surface area (Å²) in [5.74, 6) is 1.36. The first-order valence-corrected chi connectivity index (χ1v) is 12.7. The van der Waals surface area contributed by atoms with Gasteiger partial charge in [0.05, 0.1) is 12.1 Å². The van der Waals surface area contributed by atoms with Gasteiger partial charge in [0.15, 0.2) is 16.6 Å². The van der Waals surface area contributed by atoms with Crippen molar-refractivity contribution in [3.8, 4) is 11.5 Å². The van der Waals surface area contributed by atoms with Gasteiger partial charge < -0.3 is 29.6 Å². The minimum Gasteiger partial charge on any atom is -0.486 e. The van der Waals surface area contributed by atoms with Gasteiger partial charge >= 0.3 is 0 Å². The van der Waals surface area contributed by atoms with E-state index in [9.17, 15) is 4.79 Å². The summed E-state index contributed by atoms with van der Waals surface area (Å²) in [5.41, 5.74) is 2.39. The van der Waals surface area contributed by atoms with Crippen molar-refractivity contribution in [2.45, 2.75) is 33.4 Å². The number of nitrogens with one attached hydrogen (secondary N) is 2. The highest BCUT2D eigenvalue weighted by atomic mass is 32.1. The van der Waals surface area contributed by atoms with Gasteiger partial charge in [0, 0.05) is 30.1 Å². The molecule has 0 unspecified atom stereocenters. The predicted octanol–water partition coefficient (Wildman–Crippen LogP) is 3.91. The van der Waals surface area contributed by atoms with Crippen LogP contribution in [-0.2, 0) is 13.1 Å². The van der Waals surface area contributed by atoms with Crippen LogP contribution in [0, 0.1) is 0 Å². The lowest BCUT2D eigenvalue weighted by molar-refractivity contribution is 0.172. The number of fused-ring (bicyclic) bond motifs is 2. The Morgan fingerprint density at radius 3 is 2.46 bits per heavy atom. The smallest absolute Gasteiger partial charge is 0.253 e. The van der Waals surface area contributed by atoms with Crippen molar-refractivity contribution in [1.82, 2.24) is 20.1 Å². The maximum atomic E-state index is 13.0. The number of hydrogen-bond donors (Lipinski definition) is 2. The summed E-state index contributed by atoms with van der Waals surface area (Å²) >= 11 is 5.78. The maximum absolute atomic E-state index is 13.0. The third-order valence-corrected chi connectivity index (χ3v) is 6.67. The molecular weight excluding hydrogens is 460 g/mol. The molecule has 1 aromatic heterocycles. The van der Waals surface area contributed by atoms with Gasteiger partial charge in [-0.15, -0.1) is 0 Å². The Bertz CT molecular complexity index is 1190. The van der Waals surface area contributed by atoms with Crippen LogP contribution >= 0.6 is 12.2 Å². The number of hydrogen-bond acceptors (Lipinski definition) is 5. The van der Waals surface area contributed by atoms with Gasteiger partial charge in [0.1, 0.15) is 13.2 Å². The molecular formula is C27H34N4O3S. The Morgan fingerprint density at radius 1 is 1.03 bits per heavy atom. The highest BCUT2D eigenvalue weighted by Crippen LogP contribution is 2.33. The van der Waals surface area contributed by atoms with E-state index >= 15 is 0 Å². The fraction of sp³-hybridized carbons (Fsp3) is 0.407. The SMILES string of the molecule is CCN(CC)CCCNC(=S)N(Cc1ccccc1)Cc1cc2cc3c(cc2[nH]c1=O)OCCO3. The fourth-order valence-corrected chi connectivity index (χ4v) is 4.50. The number of aromatic nitrogens is 1. The van der Waals surface area contributed by atoms with Crippen molar-refractivity contribution < 1.29 is 9.47 Å². The van der Waals surface area contributed by atoms with Crippen LogP contribution in [0.5, 0.6) is 11.5 Å². The van der Waals surface area contributed by atoms with Crippen LogP contribution in [0.15, 0.2) is 53.3 Å². The van der Waals surface area contributed by atoms with Gasteiger partial charge in [-0.1, -0.05) is 44.2 Å². The molecule has 1 aliphatic rings. The van der Waals surface area contributed by atoms with E-state index in [1.807, 2.05) is 36.4 Å². The van der Waals surface area contributed by atoms with E-state index in [1.54, 1.807) is 0 Å². The average Bonchev–Trinajstić information content (AvgIpc) is 2.88. The number of thiocarbonyl (C=S) groups is 1. The second-order valence-corrected chi connectivity index (χ2v) is 9.05. The van der Waals surface area contributed by atoms with Crippen molar-refractivity contribution in [3.05, 3.63) is 70.0 Å². The number of aromatic amines is 1. The molecule has 0 radical (unpaired) electrons. The summed E-state index contributed by atoms with van der Waals surface area (Å²) in [6.45, 7) is 10.3. The molecule has 0 saturated carbocycles. The Hall–Kier alpha value is -3.10. The molecule has 0 aliphatic carbocycles. The Balaban J connectivity index is 1.52. The number of ether oxygens (including phenoxy) is 2. The third kappa shape index (κ3) is 6.52. The molecule has 2 aromatic carbocycles. The number of pyridine rings is 1. The molecule has 0 fully saturated rings. The van der Waals surface area contributed by atoms with Gasteiger partial charge in [-0.3, -0.25) is 4.79 Å². The standard InChI is InChI=1S/C27H34N4O3S/c1-3-30(4-2)12-8-11-28-27(35)31(18-20-9-6-5-7-10-20)19-22-15-21-16-24-25(34-14-13-33-24)17-23(21)29-26(22)32/h5-7,9-10,15-17H,3-4,8,11-14,18-19H2,1-2H3,(H,28,35)(H,29,32). The zero-order valence-corrected chi connectivity index (χ0v) is 21.3. The monoisotopic (exact) mass is 494 g/mol. The first kappa shape index (κ1) is 25.0. The zero-order valence-electron chi connectivity index (χ0n) is 20.5. The van der Waals surface area contributed by atoms with Crippen molar-refractivity contribution in [2.75, 3.05) is 39.4 Å². The quantitative estimate of drug-likeness (QED) is 0.327. The Morgan fingerprint density at radius 2 is 1.74 bits per heavy atom. The normalized spacial score (nSPS) is 12.7. The minimum atomic E-state index is -0.128. The number of rotatable bonds is 10. The van der Waals surface area contributed by atoms with E-state index < -0.39 is 0 Å². The summed E-state index contributed by atoms with van der Waals surface area (Å²) in [7, 11) is 0. The lowest BCUT2D eigenvalue weighted by Crippen LogP contribution is -2.41. The van der Waals surface area contributed by atoms with Crippen LogP contribution in [0.3, 0.4) is 0 Å². The number of H-pyrrole nitrogens is 1. The zero-order chi connectivity index (χ0) is 24.6. The lowest BCUT2D eigenvalue weighted by atomic mass is 10.1. The second kappa shape index (κ2) is 12.0. The topological polar surface area (TPSA) is 69.8 Å². The predicted molar refractivity (Wildman–Crippen MR) is 144 cm³/mol. The highest BCUT2D eigenvalue weighted by molar-refractivity contribution is 7.80. The first-order valence-electron chi connectivity index (χ1n) is 12.3. The summed E-state index contributed by atoms with van der Waals surface area (Å²) in [6, 6.07) is 15.9. The van der Waals surface area contributed by atoms with Gasteiger partial charge in [-0.05, 0) is 56.0 Å². The molecule has 0 saturated heterocycles. The number of benzene rings is 2. The van der Waals surface area contributed by atoms with Gasteiger partial charge in [0.25, 0.3) is 5.56 Å². The van der Waals surface area contributed by atoms with E-state index in [0.717, 1.165) is 49.1 Å². The summed E-state index contributed by atoms with van der Waals surface area (Å²) in [6.07, 6.45) is 1.00. The van der Waals surface area contributed by atoms with E-state index in [0.29, 0.717) is 48.5 Å². The summed E-state index contributed by atoms with van der Waals surface area (Å²) in [5, 5.41) is 4.96. The molecule has 0 amide bonds. The van der Waals surface area contributed by atoms with Crippen LogP contribution < -0.4 is 20.3 Å².